The standard InChI is InChI=1S/C10H10F4O3S/c1-18(15,16)17-5-4-7-2-3-8(6-9(7)11)10(12,13)14/h2-3,6H,4-5H2,1H3. The van der Waals surface area contributed by atoms with Gasteiger partial charge in [-0.1, -0.05) is 6.07 Å². The second kappa shape index (κ2) is 5.23. The number of halogens is 4. The van der Waals surface area contributed by atoms with Gasteiger partial charge in [0.2, 0.25) is 0 Å². The molecular formula is C10H10F4O3S. The summed E-state index contributed by atoms with van der Waals surface area (Å²) in [5.74, 6) is -1.04. The van der Waals surface area contributed by atoms with E-state index < -0.39 is 27.7 Å². The molecule has 0 radical (unpaired) electrons. The zero-order valence-corrected chi connectivity index (χ0v) is 10.1. The van der Waals surface area contributed by atoms with Gasteiger partial charge in [-0.2, -0.15) is 21.6 Å². The second-order valence-corrected chi connectivity index (χ2v) is 5.22. The molecule has 0 aliphatic rings. The minimum atomic E-state index is -4.61. The molecule has 0 aliphatic heterocycles. The molecule has 8 heteroatoms. The molecule has 0 saturated carbocycles. The van der Waals surface area contributed by atoms with Crippen LogP contribution in [0.25, 0.3) is 0 Å². The summed E-state index contributed by atoms with van der Waals surface area (Å²) in [6.07, 6.45) is -3.91. The molecule has 0 aliphatic carbocycles. The highest BCUT2D eigenvalue weighted by molar-refractivity contribution is 7.85. The third-order valence-electron chi connectivity index (χ3n) is 2.05. The number of rotatable bonds is 4. The van der Waals surface area contributed by atoms with Crippen molar-refractivity contribution in [1.82, 2.24) is 0 Å². The van der Waals surface area contributed by atoms with E-state index in [1.54, 1.807) is 0 Å². The number of hydrogen-bond acceptors (Lipinski definition) is 3. The molecule has 3 nitrogen and oxygen atoms in total. The average molecular weight is 286 g/mol. The second-order valence-electron chi connectivity index (χ2n) is 3.58. The lowest BCUT2D eigenvalue weighted by atomic mass is 10.1. The highest BCUT2D eigenvalue weighted by Crippen LogP contribution is 2.30. The monoisotopic (exact) mass is 286 g/mol. The van der Waals surface area contributed by atoms with Crippen molar-refractivity contribution >= 4 is 10.1 Å². The molecule has 0 bridgehead atoms. The Labute approximate surface area is 102 Å². The fourth-order valence-electron chi connectivity index (χ4n) is 1.23. The summed E-state index contributed by atoms with van der Waals surface area (Å²) < 4.78 is 75.6. The third-order valence-corrected chi connectivity index (χ3v) is 2.64. The van der Waals surface area contributed by atoms with Crippen LogP contribution in [0.2, 0.25) is 0 Å². The molecule has 18 heavy (non-hydrogen) atoms. The van der Waals surface area contributed by atoms with Crippen molar-refractivity contribution in [1.29, 1.82) is 0 Å². The van der Waals surface area contributed by atoms with Gasteiger partial charge in [-0.25, -0.2) is 4.39 Å². The van der Waals surface area contributed by atoms with Crippen molar-refractivity contribution in [3.05, 3.63) is 35.1 Å². The number of benzene rings is 1. The largest absolute Gasteiger partial charge is 0.416 e. The minimum absolute atomic E-state index is 0.0355. The molecule has 1 aromatic rings. The maximum atomic E-state index is 13.3. The Morgan fingerprint density at radius 3 is 2.33 bits per heavy atom. The Bertz CT molecular complexity index is 522. The van der Waals surface area contributed by atoms with Crippen molar-refractivity contribution < 1.29 is 30.2 Å². The normalized spacial score (nSPS) is 12.7. The van der Waals surface area contributed by atoms with E-state index in [0.29, 0.717) is 6.07 Å². The Kier molecular flexibility index (Phi) is 4.33. The van der Waals surface area contributed by atoms with Crippen molar-refractivity contribution in [3.63, 3.8) is 0 Å². The molecule has 0 fully saturated rings. The molecule has 0 saturated heterocycles. The summed E-state index contributed by atoms with van der Waals surface area (Å²) in [6, 6.07) is 2.07. The van der Waals surface area contributed by atoms with Crippen molar-refractivity contribution in [2.75, 3.05) is 12.9 Å². The Hall–Kier alpha value is -1.15. The predicted molar refractivity (Wildman–Crippen MR) is 55.9 cm³/mol. The highest BCUT2D eigenvalue weighted by Gasteiger charge is 2.31. The molecule has 0 N–H and O–H groups in total. The first-order valence-corrected chi connectivity index (χ1v) is 6.61. The molecule has 1 rings (SSSR count). The van der Waals surface area contributed by atoms with Gasteiger partial charge in [0.05, 0.1) is 18.4 Å². The van der Waals surface area contributed by atoms with E-state index in [2.05, 4.69) is 4.18 Å². The molecule has 0 spiro atoms. The van der Waals surface area contributed by atoms with Gasteiger partial charge in [-0.05, 0) is 17.7 Å². The van der Waals surface area contributed by atoms with Crippen LogP contribution >= 0.6 is 0 Å². The molecule has 102 valence electrons. The molecule has 0 unspecified atom stereocenters. The maximum absolute atomic E-state index is 13.3. The summed E-state index contributed by atoms with van der Waals surface area (Å²) in [5.41, 5.74) is -1.13. The minimum Gasteiger partial charge on any atom is -0.270 e. The lowest BCUT2D eigenvalue weighted by Crippen LogP contribution is -2.09. The molecular weight excluding hydrogens is 276 g/mol. The predicted octanol–water partition coefficient (Wildman–Crippen LogP) is 2.36. The molecule has 0 amide bonds. The van der Waals surface area contributed by atoms with Gasteiger partial charge in [0.25, 0.3) is 10.1 Å². The van der Waals surface area contributed by atoms with Gasteiger partial charge in [0.1, 0.15) is 5.82 Å². The van der Waals surface area contributed by atoms with E-state index in [4.69, 9.17) is 0 Å². The fraction of sp³-hybridized carbons (Fsp3) is 0.400. The van der Waals surface area contributed by atoms with E-state index in [1.807, 2.05) is 0 Å². The van der Waals surface area contributed by atoms with Crippen LogP contribution in [0.1, 0.15) is 11.1 Å². The van der Waals surface area contributed by atoms with Gasteiger partial charge in [-0.3, -0.25) is 4.18 Å². The van der Waals surface area contributed by atoms with Gasteiger partial charge in [-0.15, -0.1) is 0 Å². The molecule has 0 aromatic heterocycles. The van der Waals surface area contributed by atoms with Crippen LogP contribution in [-0.4, -0.2) is 21.3 Å². The highest BCUT2D eigenvalue weighted by atomic mass is 32.2. The Morgan fingerprint density at radius 2 is 1.89 bits per heavy atom. The summed E-state index contributed by atoms with van der Waals surface area (Å²) in [5, 5.41) is 0. The van der Waals surface area contributed by atoms with Gasteiger partial charge < -0.3 is 0 Å². The van der Waals surface area contributed by atoms with E-state index >= 15 is 0 Å². The van der Waals surface area contributed by atoms with Crippen LogP contribution in [0.3, 0.4) is 0 Å². The molecule has 1 aromatic carbocycles. The first-order chi connectivity index (χ1) is 8.09. The van der Waals surface area contributed by atoms with Crippen LogP contribution in [0.4, 0.5) is 17.6 Å². The molecule has 0 atom stereocenters. The smallest absolute Gasteiger partial charge is 0.270 e. The van der Waals surface area contributed by atoms with Crippen LogP contribution in [0, 0.1) is 5.82 Å². The maximum Gasteiger partial charge on any atom is 0.416 e. The quantitative estimate of drug-likeness (QED) is 0.630. The first kappa shape index (κ1) is 14.9. The number of hydrogen-bond donors (Lipinski definition) is 0. The van der Waals surface area contributed by atoms with E-state index in [1.165, 1.54) is 0 Å². The van der Waals surface area contributed by atoms with Crippen molar-refractivity contribution in [3.8, 4) is 0 Å². The average Bonchev–Trinajstić information content (AvgIpc) is 2.17. The topological polar surface area (TPSA) is 43.4 Å². The summed E-state index contributed by atoms with van der Waals surface area (Å²) >= 11 is 0. The van der Waals surface area contributed by atoms with Gasteiger partial charge in [0.15, 0.2) is 0 Å². The fourth-order valence-corrected chi connectivity index (χ4v) is 1.62. The Balaban J connectivity index is 2.75. The van der Waals surface area contributed by atoms with E-state index in [0.717, 1.165) is 18.4 Å². The van der Waals surface area contributed by atoms with Crippen molar-refractivity contribution in [2.45, 2.75) is 12.6 Å². The van der Waals surface area contributed by atoms with Crippen LogP contribution in [-0.2, 0) is 26.9 Å². The third kappa shape index (κ3) is 4.61. The number of alkyl halides is 3. The summed E-state index contributed by atoms with van der Waals surface area (Å²) in [7, 11) is -3.64. The lowest BCUT2D eigenvalue weighted by molar-refractivity contribution is -0.137. The SMILES string of the molecule is CS(=O)(=O)OCCc1ccc(C(F)(F)F)cc1F. The van der Waals surface area contributed by atoms with Gasteiger partial charge >= 0.3 is 6.18 Å². The van der Waals surface area contributed by atoms with E-state index in [-0.39, 0.29) is 18.6 Å². The van der Waals surface area contributed by atoms with Crippen LogP contribution in [0.15, 0.2) is 18.2 Å². The van der Waals surface area contributed by atoms with E-state index in [9.17, 15) is 26.0 Å². The summed E-state index contributed by atoms with van der Waals surface area (Å²) in [6.45, 7) is -0.318. The zero-order valence-electron chi connectivity index (χ0n) is 9.29. The van der Waals surface area contributed by atoms with Gasteiger partial charge in [0, 0.05) is 6.42 Å². The van der Waals surface area contributed by atoms with Crippen molar-refractivity contribution in [2.24, 2.45) is 0 Å². The van der Waals surface area contributed by atoms with Crippen LogP contribution in [0.5, 0.6) is 0 Å². The molecule has 0 heterocycles. The first-order valence-electron chi connectivity index (χ1n) is 4.79. The summed E-state index contributed by atoms with van der Waals surface area (Å²) in [4.78, 5) is 0. The lowest BCUT2D eigenvalue weighted by Gasteiger charge is -2.09. The van der Waals surface area contributed by atoms with Crippen LogP contribution < -0.4 is 0 Å². The Morgan fingerprint density at radius 1 is 1.28 bits per heavy atom. The zero-order chi connectivity index (χ0) is 14.0.